The van der Waals surface area contributed by atoms with Crippen molar-refractivity contribution in [3.05, 3.63) is 90.0 Å². The molecule has 6 amide bonds. The largest absolute Gasteiger partial charge is 0.453 e. The third-order valence-electron chi connectivity index (χ3n) is 11.1. The molecule has 2 unspecified atom stereocenters. The van der Waals surface area contributed by atoms with Gasteiger partial charge in [0.25, 0.3) is 0 Å². The number of benzene rings is 3. The van der Waals surface area contributed by atoms with Crippen LogP contribution in [0.2, 0.25) is 0 Å². The molecule has 3 aromatic carbocycles. The summed E-state index contributed by atoms with van der Waals surface area (Å²) in [7, 11) is 5.30. The summed E-state index contributed by atoms with van der Waals surface area (Å²) in [6.07, 6.45) is -0.598. The van der Waals surface area contributed by atoms with Gasteiger partial charge in [0.15, 0.2) is 0 Å². The first-order valence-corrected chi connectivity index (χ1v) is 20.3. The molecule has 0 saturated carbocycles. The van der Waals surface area contributed by atoms with Gasteiger partial charge in [-0.1, -0.05) is 42.5 Å². The van der Waals surface area contributed by atoms with Crippen LogP contribution in [0.1, 0.15) is 50.7 Å². The fourth-order valence-electron chi connectivity index (χ4n) is 7.52. The number of methoxy groups -OCH3 is 4. The Morgan fingerprint density at radius 3 is 1.36 bits per heavy atom. The van der Waals surface area contributed by atoms with E-state index in [1.165, 1.54) is 38.2 Å². The molecule has 328 valence electrons. The van der Waals surface area contributed by atoms with Gasteiger partial charge in [-0.3, -0.25) is 19.2 Å². The number of ether oxygens (including phenoxy) is 4. The van der Waals surface area contributed by atoms with Gasteiger partial charge >= 0.3 is 12.2 Å². The second-order valence-corrected chi connectivity index (χ2v) is 15.1. The lowest BCUT2D eigenvalue weighted by molar-refractivity contribution is -0.141. The van der Waals surface area contributed by atoms with Gasteiger partial charge in [0.2, 0.25) is 23.6 Å². The number of likely N-dealkylation sites (tertiary alicyclic amines) is 2. The third kappa shape index (κ3) is 12.0. The molecule has 61 heavy (non-hydrogen) atoms. The van der Waals surface area contributed by atoms with Crippen molar-refractivity contribution in [1.29, 1.82) is 0 Å². The Morgan fingerprint density at radius 2 is 1.00 bits per heavy atom. The Balaban J connectivity index is 1.21. The van der Waals surface area contributed by atoms with Gasteiger partial charge in [-0.25, -0.2) is 9.59 Å². The molecular formula is C44H57N7O10. The van der Waals surface area contributed by atoms with Crippen LogP contribution in [0.3, 0.4) is 0 Å². The molecule has 2 saturated heterocycles. The second-order valence-electron chi connectivity index (χ2n) is 15.1. The van der Waals surface area contributed by atoms with Gasteiger partial charge in [-0.05, 0) is 87.1 Å². The van der Waals surface area contributed by atoms with Crippen LogP contribution in [-0.2, 0) is 51.2 Å². The van der Waals surface area contributed by atoms with Crippen LogP contribution in [0.15, 0.2) is 78.9 Å². The molecule has 2 aliphatic heterocycles. The van der Waals surface area contributed by atoms with Gasteiger partial charge in [-0.2, -0.15) is 0 Å². The zero-order valence-corrected chi connectivity index (χ0v) is 35.6. The van der Waals surface area contributed by atoms with E-state index in [9.17, 15) is 28.8 Å². The van der Waals surface area contributed by atoms with E-state index in [1.54, 1.807) is 13.8 Å². The summed E-state index contributed by atoms with van der Waals surface area (Å²) in [5.74, 6) is -1.48. The van der Waals surface area contributed by atoms with Crippen molar-refractivity contribution < 1.29 is 47.7 Å². The fraction of sp³-hybridized carbons (Fsp3) is 0.455. The first kappa shape index (κ1) is 45.9. The number of nitrogens with one attached hydrogen (secondary N) is 4. The lowest BCUT2D eigenvalue weighted by Gasteiger charge is -2.30. The maximum atomic E-state index is 13.5. The summed E-state index contributed by atoms with van der Waals surface area (Å²) in [4.78, 5) is 83.2. The molecule has 0 aliphatic carbocycles. The first-order valence-electron chi connectivity index (χ1n) is 20.3. The Bertz CT molecular complexity index is 1850. The van der Waals surface area contributed by atoms with E-state index in [2.05, 4.69) is 26.2 Å². The van der Waals surface area contributed by atoms with Gasteiger partial charge in [-0.15, -0.1) is 0 Å². The molecule has 0 spiro atoms. The van der Waals surface area contributed by atoms with Crippen LogP contribution in [0.4, 0.5) is 26.7 Å². The number of amides is 6. The molecule has 0 aromatic heterocycles. The quantitative estimate of drug-likeness (QED) is 0.152. The van der Waals surface area contributed by atoms with Gasteiger partial charge < -0.3 is 54.9 Å². The van der Waals surface area contributed by atoms with Gasteiger partial charge in [0.05, 0.1) is 26.4 Å². The Morgan fingerprint density at radius 1 is 0.607 bits per heavy atom. The minimum absolute atomic E-state index is 0.321. The molecule has 2 aliphatic rings. The van der Waals surface area contributed by atoms with E-state index in [4.69, 9.17) is 18.9 Å². The highest BCUT2D eigenvalue weighted by molar-refractivity contribution is 5.99. The molecule has 17 nitrogen and oxygen atoms in total. The van der Waals surface area contributed by atoms with Crippen LogP contribution in [0, 0.1) is 0 Å². The number of rotatable bonds is 17. The molecule has 5 rings (SSSR count). The minimum atomic E-state index is -1.02. The summed E-state index contributed by atoms with van der Waals surface area (Å²) in [6.45, 7) is 5.16. The number of carbonyl (C=O) groups excluding carboxylic acids is 6. The van der Waals surface area contributed by atoms with Crippen molar-refractivity contribution in [3.63, 3.8) is 0 Å². The van der Waals surface area contributed by atoms with E-state index in [1.807, 2.05) is 78.9 Å². The molecular weight excluding hydrogens is 787 g/mol. The van der Waals surface area contributed by atoms with Crippen molar-refractivity contribution in [3.8, 4) is 0 Å². The fourth-order valence-corrected chi connectivity index (χ4v) is 7.52. The first-order chi connectivity index (χ1) is 29.4. The molecule has 0 radical (unpaired) electrons. The zero-order valence-electron chi connectivity index (χ0n) is 35.6. The van der Waals surface area contributed by atoms with Crippen molar-refractivity contribution >= 4 is 52.9 Å². The standard InChI is InChI=1S/C44H57N7O10/c1-28(58-3)37(47-43(56)60-5)41(54)50-24-10-14-35(50)39(52)45-32-20-16-30(17-21-32)26-49(34-12-8-7-9-13-34)27-31-18-22-33(23-19-31)46-40(53)36-15-11-25-51(36)42(55)38(29(2)59-4)48-44(57)61-6/h7-9,12-13,16-23,28-29,35-38H,10-11,14-15,24-27H2,1-6H3,(H,45,52)(H,46,53)(H,47,56)(H,48,57)/t28-,29?,35?,36+,37+,38+/m1/s1. The van der Waals surface area contributed by atoms with Crippen LogP contribution in [0.5, 0.6) is 0 Å². The van der Waals surface area contributed by atoms with E-state index >= 15 is 0 Å². The average molecular weight is 844 g/mol. The summed E-state index contributed by atoms with van der Waals surface area (Å²) >= 11 is 0. The summed E-state index contributed by atoms with van der Waals surface area (Å²) in [5, 5.41) is 11.0. The zero-order chi connectivity index (χ0) is 44.1. The monoisotopic (exact) mass is 843 g/mol. The Kier molecular flexibility index (Phi) is 16.5. The van der Waals surface area contributed by atoms with Crippen LogP contribution in [0.25, 0.3) is 0 Å². The predicted molar refractivity (Wildman–Crippen MR) is 228 cm³/mol. The summed E-state index contributed by atoms with van der Waals surface area (Å²) in [6, 6.07) is 21.6. The smallest absolute Gasteiger partial charge is 0.407 e. The van der Waals surface area contributed by atoms with Gasteiger partial charge in [0.1, 0.15) is 24.2 Å². The Labute approximate surface area is 356 Å². The SMILES string of the molecule is COC(=O)N[C@H](C(=O)N1CCC[C@H]1C(=O)Nc1ccc(CN(Cc2ccc(NC(=O)C3CCCN3C(=O)[C@@H](NC(=O)OC)[C@@H](C)OC)cc2)c2ccccc2)cc1)C(C)OC. The topological polar surface area (TPSA) is 197 Å². The number of nitrogens with zero attached hydrogens (tertiary/aromatic N) is 3. The summed E-state index contributed by atoms with van der Waals surface area (Å²) < 4.78 is 20.1. The van der Waals surface area contributed by atoms with Crippen LogP contribution < -0.4 is 26.2 Å². The van der Waals surface area contributed by atoms with E-state index in [0.717, 1.165) is 16.8 Å². The number of hydrogen-bond donors (Lipinski definition) is 4. The van der Waals surface area contributed by atoms with Crippen LogP contribution >= 0.6 is 0 Å². The lowest BCUT2D eigenvalue weighted by atomic mass is 10.1. The molecule has 6 atom stereocenters. The van der Waals surface area contributed by atoms with E-state index in [0.29, 0.717) is 63.2 Å². The molecule has 4 N–H and O–H groups in total. The second kappa shape index (κ2) is 21.9. The maximum absolute atomic E-state index is 13.5. The minimum Gasteiger partial charge on any atom is -0.453 e. The number of anilines is 3. The van der Waals surface area contributed by atoms with Gasteiger partial charge in [0, 0.05) is 57.5 Å². The van der Waals surface area contributed by atoms with Crippen LogP contribution in [-0.4, -0.2) is 124 Å². The van der Waals surface area contributed by atoms with Crippen molar-refractivity contribution in [1.82, 2.24) is 20.4 Å². The summed E-state index contributed by atoms with van der Waals surface area (Å²) in [5.41, 5.74) is 4.15. The molecule has 2 heterocycles. The number of hydrogen-bond acceptors (Lipinski definition) is 11. The van der Waals surface area contributed by atoms with E-state index in [-0.39, 0.29) is 11.8 Å². The number of alkyl carbamates (subject to hydrolysis) is 2. The lowest BCUT2D eigenvalue weighted by Crippen LogP contribution is -2.56. The average Bonchev–Trinajstić information content (AvgIpc) is 3.99. The molecule has 0 bridgehead atoms. The third-order valence-corrected chi connectivity index (χ3v) is 11.1. The van der Waals surface area contributed by atoms with E-state index < -0.39 is 60.4 Å². The van der Waals surface area contributed by atoms with Crippen molar-refractivity contribution in [2.24, 2.45) is 0 Å². The number of para-hydroxylation sites is 1. The Hall–Kier alpha value is -6.20. The highest BCUT2D eigenvalue weighted by Crippen LogP contribution is 2.26. The number of carbonyl (C=O) groups is 6. The van der Waals surface area contributed by atoms with Crippen molar-refractivity contribution in [2.75, 3.05) is 57.1 Å². The molecule has 3 aromatic rings. The molecule has 17 heteroatoms. The normalized spacial score (nSPS) is 17.9. The highest BCUT2D eigenvalue weighted by Gasteiger charge is 2.41. The predicted octanol–water partition coefficient (Wildman–Crippen LogP) is 4.27. The molecule has 2 fully saturated rings. The van der Waals surface area contributed by atoms with Crippen molar-refractivity contribution in [2.45, 2.75) is 89.0 Å². The maximum Gasteiger partial charge on any atom is 0.407 e. The highest BCUT2D eigenvalue weighted by atomic mass is 16.5.